The van der Waals surface area contributed by atoms with Crippen LogP contribution in [0.4, 0.5) is 0 Å². The van der Waals surface area contributed by atoms with Crippen molar-refractivity contribution in [2.75, 3.05) is 58.9 Å². The van der Waals surface area contributed by atoms with Crippen LogP contribution in [0.1, 0.15) is 19.3 Å². The van der Waals surface area contributed by atoms with Gasteiger partial charge in [-0.05, 0) is 44.8 Å². The van der Waals surface area contributed by atoms with Crippen molar-refractivity contribution in [3.63, 3.8) is 0 Å². The van der Waals surface area contributed by atoms with E-state index in [9.17, 15) is 0 Å². The van der Waals surface area contributed by atoms with Gasteiger partial charge in [-0.15, -0.1) is 0 Å². The number of nitrogens with zero attached hydrogens (tertiary/aromatic N) is 1. The Bertz CT molecular complexity index is 122. The van der Waals surface area contributed by atoms with Gasteiger partial charge < -0.3 is 39.3 Å². The molecule has 7 heteroatoms. The summed E-state index contributed by atoms with van der Waals surface area (Å²) in [5.74, 6) is 1.11. The molecular formula is C13H37N7. The maximum Gasteiger partial charge on any atom is 0.00461 e. The summed E-state index contributed by atoms with van der Waals surface area (Å²) in [5, 5.41) is 0. The van der Waals surface area contributed by atoms with Crippen LogP contribution in [0.2, 0.25) is 0 Å². The van der Waals surface area contributed by atoms with Crippen molar-refractivity contribution < 1.29 is 0 Å². The molecule has 3 aliphatic rings. The van der Waals surface area contributed by atoms with Gasteiger partial charge in [-0.1, -0.05) is 0 Å². The number of fused-ring (bicyclic) bond motifs is 3. The third-order valence-electron chi connectivity index (χ3n) is 3.06. The summed E-state index contributed by atoms with van der Waals surface area (Å²) in [6.45, 7) is 7.76. The Balaban J connectivity index is 0. The third kappa shape index (κ3) is 15.8. The van der Waals surface area contributed by atoms with Gasteiger partial charge in [-0.3, -0.25) is 0 Å². The highest BCUT2D eigenvalue weighted by Gasteiger charge is 2.24. The number of nitrogens with two attached hydrogens (primary N) is 6. The van der Waals surface area contributed by atoms with Crippen molar-refractivity contribution in [3.8, 4) is 0 Å². The van der Waals surface area contributed by atoms with Gasteiger partial charge >= 0.3 is 0 Å². The Morgan fingerprint density at radius 3 is 0.850 bits per heavy atom. The maximum atomic E-state index is 4.90. The molecule has 3 fully saturated rings. The van der Waals surface area contributed by atoms with Crippen molar-refractivity contribution in [2.24, 2.45) is 40.3 Å². The number of rotatable bonds is 3. The first-order valence-corrected chi connectivity index (χ1v) is 7.62. The number of hydrogen-bond acceptors (Lipinski definition) is 7. The molecule has 124 valence electrons. The van der Waals surface area contributed by atoms with E-state index >= 15 is 0 Å². The summed E-state index contributed by atoms with van der Waals surface area (Å²) in [7, 11) is 0. The topological polar surface area (TPSA) is 159 Å². The van der Waals surface area contributed by atoms with Crippen molar-refractivity contribution in [3.05, 3.63) is 0 Å². The lowest BCUT2D eigenvalue weighted by molar-refractivity contribution is 0.111. The minimum absolute atomic E-state index is 0.597. The first-order chi connectivity index (χ1) is 9.69. The van der Waals surface area contributed by atoms with Crippen LogP contribution in [-0.4, -0.2) is 63.8 Å². The molecule has 3 heterocycles. The van der Waals surface area contributed by atoms with Crippen LogP contribution in [0.15, 0.2) is 0 Å². The normalized spacial score (nSPS) is 22.5. The first-order valence-electron chi connectivity index (χ1n) is 7.62. The van der Waals surface area contributed by atoms with Crippen molar-refractivity contribution in [2.45, 2.75) is 19.3 Å². The largest absolute Gasteiger partial charge is 0.329 e. The smallest absolute Gasteiger partial charge is 0.00461 e. The molecule has 2 bridgehead atoms. The van der Waals surface area contributed by atoms with Gasteiger partial charge in [0.05, 0.1) is 0 Å². The van der Waals surface area contributed by atoms with Gasteiger partial charge in [0.15, 0.2) is 0 Å². The molecule has 0 aromatic rings. The summed E-state index contributed by atoms with van der Waals surface area (Å²) in [6, 6.07) is 0. The predicted molar refractivity (Wildman–Crippen MR) is 88.1 cm³/mol. The zero-order valence-electron chi connectivity index (χ0n) is 13.0. The molecule has 0 amide bonds. The van der Waals surface area contributed by atoms with Crippen LogP contribution in [0.3, 0.4) is 0 Å². The van der Waals surface area contributed by atoms with Crippen LogP contribution < -0.4 is 34.4 Å². The van der Waals surface area contributed by atoms with Gasteiger partial charge in [0.25, 0.3) is 0 Å². The monoisotopic (exact) mass is 291 g/mol. The fourth-order valence-electron chi connectivity index (χ4n) is 1.86. The second kappa shape index (κ2) is 18.7. The Labute approximate surface area is 124 Å². The summed E-state index contributed by atoms with van der Waals surface area (Å²) in [6.07, 6.45) is 4.46. The molecule has 7 nitrogen and oxygen atoms in total. The van der Waals surface area contributed by atoms with E-state index in [4.69, 9.17) is 34.4 Å². The summed E-state index contributed by atoms with van der Waals surface area (Å²) in [4.78, 5) is 2.58. The Hall–Kier alpha value is -0.280. The highest BCUT2D eigenvalue weighted by Crippen LogP contribution is 2.26. The van der Waals surface area contributed by atoms with Crippen molar-refractivity contribution >= 4 is 0 Å². The van der Waals surface area contributed by atoms with Crippen LogP contribution in [0.25, 0.3) is 0 Å². The van der Waals surface area contributed by atoms with Gasteiger partial charge in [-0.2, -0.15) is 0 Å². The lowest BCUT2D eigenvalue weighted by atomic mass is 9.89. The van der Waals surface area contributed by atoms with Crippen LogP contribution in [0, 0.1) is 5.92 Å². The van der Waals surface area contributed by atoms with Gasteiger partial charge in [0.1, 0.15) is 0 Å². The zero-order chi connectivity index (χ0) is 15.6. The fraction of sp³-hybridized carbons (Fsp3) is 1.00. The van der Waals surface area contributed by atoms with Gasteiger partial charge in [-0.25, -0.2) is 0 Å². The van der Waals surface area contributed by atoms with Gasteiger partial charge in [0.2, 0.25) is 0 Å². The molecule has 3 rings (SSSR count). The molecule has 0 aliphatic carbocycles. The molecule has 3 aliphatic heterocycles. The third-order valence-corrected chi connectivity index (χ3v) is 3.06. The second-order valence-corrected chi connectivity index (χ2v) is 4.81. The summed E-state index contributed by atoms with van der Waals surface area (Å²) in [5.41, 5.74) is 29.4. The molecule has 0 aromatic heterocycles. The highest BCUT2D eigenvalue weighted by molar-refractivity contribution is 4.78. The van der Waals surface area contributed by atoms with Crippen molar-refractivity contribution in [1.82, 2.24) is 4.90 Å². The Morgan fingerprint density at radius 2 is 0.800 bits per heavy atom. The number of hydrogen-bond donors (Lipinski definition) is 6. The fourth-order valence-corrected chi connectivity index (χ4v) is 1.86. The molecule has 0 atom stereocenters. The highest BCUT2D eigenvalue weighted by atomic mass is 15.1. The van der Waals surface area contributed by atoms with E-state index in [2.05, 4.69) is 4.90 Å². The molecule has 12 N–H and O–H groups in total. The molecule has 0 aromatic carbocycles. The van der Waals surface area contributed by atoms with E-state index in [1.54, 1.807) is 0 Å². The van der Waals surface area contributed by atoms with E-state index in [0.717, 1.165) is 5.92 Å². The SMILES string of the molecule is C1CN2CCC1CC2.NCCN.NCCN.NCCN. The van der Waals surface area contributed by atoms with E-state index in [1.165, 1.54) is 38.9 Å². The average molecular weight is 291 g/mol. The van der Waals surface area contributed by atoms with E-state index in [-0.39, 0.29) is 0 Å². The average Bonchev–Trinajstić information content (AvgIpc) is 2.57. The minimum Gasteiger partial charge on any atom is -0.329 e. The van der Waals surface area contributed by atoms with Gasteiger partial charge in [0, 0.05) is 39.3 Å². The molecule has 0 saturated carbocycles. The van der Waals surface area contributed by atoms with Crippen LogP contribution in [0.5, 0.6) is 0 Å². The predicted octanol–water partition coefficient (Wildman–Crippen LogP) is -2.19. The van der Waals surface area contributed by atoms with Crippen molar-refractivity contribution in [1.29, 1.82) is 0 Å². The van der Waals surface area contributed by atoms with Crippen LogP contribution in [-0.2, 0) is 0 Å². The van der Waals surface area contributed by atoms with E-state index < -0.39 is 0 Å². The first kappa shape index (κ1) is 22.0. The number of piperidine rings is 3. The molecule has 0 unspecified atom stereocenters. The molecule has 3 saturated heterocycles. The minimum atomic E-state index is 0.597. The lowest BCUT2D eigenvalue weighted by Gasteiger charge is -2.38. The quantitative estimate of drug-likeness (QED) is 0.344. The summed E-state index contributed by atoms with van der Waals surface area (Å²) >= 11 is 0. The van der Waals surface area contributed by atoms with E-state index in [1.807, 2.05) is 0 Å². The lowest BCUT2D eigenvalue weighted by Crippen LogP contribution is -2.41. The molecule has 0 spiro atoms. The maximum absolute atomic E-state index is 4.90. The molecule has 0 radical (unpaired) electrons. The van der Waals surface area contributed by atoms with Crippen LogP contribution >= 0.6 is 0 Å². The summed E-state index contributed by atoms with van der Waals surface area (Å²) < 4.78 is 0. The standard InChI is InChI=1S/C7H13N.3C2H8N2/c1-4-8-5-2-7(1)3-6-8;3*3-1-2-4/h7H,1-6H2;3*1-4H2. The molecule has 20 heavy (non-hydrogen) atoms. The zero-order valence-corrected chi connectivity index (χ0v) is 13.0. The molecular weight excluding hydrogens is 254 g/mol. The Kier molecular flexibility index (Phi) is 20.6. The van der Waals surface area contributed by atoms with E-state index in [0.29, 0.717) is 39.3 Å². The second-order valence-electron chi connectivity index (χ2n) is 4.81. The Morgan fingerprint density at radius 1 is 0.550 bits per heavy atom.